The number of nitrogens with zero attached hydrogens (tertiary/aromatic N) is 4. The second-order valence-electron chi connectivity index (χ2n) is 9.70. The molecule has 206 valence electrons. The average Bonchev–Trinajstić information content (AvgIpc) is 3.54. The molecule has 1 atom stereocenters. The van der Waals surface area contributed by atoms with Crippen molar-refractivity contribution in [2.75, 3.05) is 26.3 Å². The summed E-state index contributed by atoms with van der Waals surface area (Å²) in [5.74, 6) is -0.677. The number of fused-ring (bicyclic) bond motifs is 2. The SMILES string of the molecule is O=C(Cn1cc(C(O)(c2ccc3c(cnn3-c3ccc(F)cc3)c2)C(F)(F)F)c2ccccc21)N1CCOCC1. The van der Waals surface area contributed by atoms with E-state index in [0.717, 1.165) is 0 Å². The van der Waals surface area contributed by atoms with Crippen molar-refractivity contribution in [3.05, 3.63) is 96.1 Å². The highest BCUT2D eigenvalue weighted by atomic mass is 19.4. The molecule has 1 fully saturated rings. The van der Waals surface area contributed by atoms with Crippen LogP contribution in [0.2, 0.25) is 0 Å². The molecule has 1 unspecified atom stereocenters. The van der Waals surface area contributed by atoms with E-state index in [2.05, 4.69) is 5.10 Å². The van der Waals surface area contributed by atoms with Crippen molar-refractivity contribution in [2.45, 2.75) is 18.3 Å². The van der Waals surface area contributed by atoms with Crippen molar-refractivity contribution in [2.24, 2.45) is 0 Å². The average molecular weight is 553 g/mol. The van der Waals surface area contributed by atoms with Crippen LogP contribution in [0.15, 0.2) is 79.1 Å². The summed E-state index contributed by atoms with van der Waals surface area (Å²) in [4.78, 5) is 14.6. The molecule has 1 saturated heterocycles. The van der Waals surface area contributed by atoms with Gasteiger partial charge >= 0.3 is 6.18 Å². The Hall–Kier alpha value is -4.22. The molecule has 3 aromatic carbocycles. The van der Waals surface area contributed by atoms with Crippen LogP contribution in [0.3, 0.4) is 0 Å². The Morgan fingerprint density at radius 2 is 1.70 bits per heavy atom. The molecule has 1 N–H and O–H groups in total. The van der Waals surface area contributed by atoms with Crippen molar-refractivity contribution in [3.63, 3.8) is 0 Å². The predicted octanol–water partition coefficient (Wildman–Crippen LogP) is 4.78. The second kappa shape index (κ2) is 9.76. The molecule has 7 nitrogen and oxygen atoms in total. The number of ether oxygens (including phenoxy) is 1. The third-order valence-corrected chi connectivity index (χ3v) is 7.31. The molecule has 5 aromatic rings. The molecule has 0 radical (unpaired) electrons. The first-order valence-electron chi connectivity index (χ1n) is 12.6. The van der Waals surface area contributed by atoms with Crippen molar-refractivity contribution in [1.29, 1.82) is 0 Å². The Balaban J connectivity index is 1.45. The maximum Gasteiger partial charge on any atom is 0.425 e. The molecule has 0 spiro atoms. The van der Waals surface area contributed by atoms with Gasteiger partial charge in [-0.1, -0.05) is 24.3 Å². The van der Waals surface area contributed by atoms with Gasteiger partial charge in [-0.25, -0.2) is 9.07 Å². The van der Waals surface area contributed by atoms with E-state index in [4.69, 9.17) is 4.74 Å². The molecule has 40 heavy (non-hydrogen) atoms. The molecule has 6 rings (SSSR count). The lowest BCUT2D eigenvalue weighted by Gasteiger charge is -2.31. The normalized spacial score (nSPS) is 16.0. The summed E-state index contributed by atoms with van der Waals surface area (Å²) in [5, 5.41) is 16.4. The molecular formula is C29H24F4N4O3. The Kier molecular flexibility index (Phi) is 6.35. The van der Waals surface area contributed by atoms with Crippen LogP contribution < -0.4 is 0 Å². The highest BCUT2D eigenvalue weighted by Crippen LogP contribution is 2.47. The molecule has 0 saturated carbocycles. The number of halogens is 4. The minimum atomic E-state index is -5.10. The molecule has 2 aromatic heterocycles. The minimum Gasteiger partial charge on any atom is -0.378 e. The summed E-state index contributed by atoms with van der Waals surface area (Å²) in [6.07, 6.45) is -2.50. The van der Waals surface area contributed by atoms with Crippen LogP contribution in [-0.2, 0) is 21.7 Å². The molecule has 1 aliphatic heterocycles. The van der Waals surface area contributed by atoms with Crippen LogP contribution in [0.4, 0.5) is 17.6 Å². The fourth-order valence-electron chi connectivity index (χ4n) is 5.24. The zero-order chi connectivity index (χ0) is 28.1. The number of alkyl halides is 3. The molecule has 3 heterocycles. The summed E-state index contributed by atoms with van der Waals surface area (Å²) in [6, 6.07) is 15.8. The van der Waals surface area contributed by atoms with E-state index in [1.165, 1.54) is 70.2 Å². The molecule has 0 aliphatic carbocycles. The summed E-state index contributed by atoms with van der Waals surface area (Å²) >= 11 is 0. The number of para-hydroxylation sites is 1. The van der Waals surface area contributed by atoms with Gasteiger partial charge in [-0.15, -0.1) is 0 Å². The molecule has 1 aliphatic rings. The number of aliphatic hydroxyl groups is 1. The number of rotatable bonds is 5. The zero-order valence-electron chi connectivity index (χ0n) is 21.1. The van der Waals surface area contributed by atoms with Crippen LogP contribution in [0.1, 0.15) is 11.1 Å². The fourth-order valence-corrected chi connectivity index (χ4v) is 5.24. The third kappa shape index (κ3) is 4.31. The Morgan fingerprint density at radius 1 is 0.975 bits per heavy atom. The molecule has 1 amide bonds. The van der Waals surface area contributed by atoms with E-state index in [-0.39, 0.29) is 23.4 Å². The van der Waals surface area contributed by atoms with E-state index in [1.807, 2.05) is 0 Å². The van der Waals surface area contributed by atoms with Gasteiger partial charge in [-0.2, -0.15) is 18.3 Å². The standard InChI is InChI=1S/C29H24F4N4O3/c30-21-6-8-22(9-7-21)37-25-10-5-20(15-19(25)16-34-37)28(39,29(31,32)33)24-17-36(26-4-2-1-3-23(24)26)18-27(38)35-11-13-40-14-12-35/h1-10,15-17,39H,11-14,18H2. The number of carbonyl (C=O) groups excluding carboxylic acids is 1. The number of hydrogen-bond acceptors (Lipinski definition) is 4. The summed E-state index contributed by atoms with van der Waals surface area (Å²) in [5.41, 5.74) is -2.75. The topological polar surface area (TPSA) is 72.5 Å². The van der Waals surface area contributed by atoms with Gasteiger partial charge in [0.05, 0.1) is 30.6 Å². The quantitative estimate of drug-likeness (QED) is 0.319. The monoisotopic (exact) mass is 552 g/mol. The maximum absolute atomic E-state index is 14.9. The Labute approximate surface area is 225 Å². The highest BCUT2D eigenvalue weighted by Gasteiger charge is 2.57. The maximum atomic E-state index is 14.9. The highest BCUT2D eigenvalue weighted by molar-refractivity contribution is 5.88. The van der Waals surface area contributed by atoms with Gasteiger partial charge in [-0.3, -0.25) is 4.79 Å². The lowest BCUT2D eigenvalue weighted by atomic mass is 9.85. The zero-order valence-corrected chi connectivity index (χ0v) is 21.1. The van der Waals surface area contributed by atoms with E-state index in [9.17, 15) is 27.5 Å². The van der Waals surface area contributed by atoms with Crippen LogP contribution in [0, 0.1) is 5.82 Å². The van der Waals surface area contributed by atoms with E-state index in [1.54, 1.807) is 23.1 Å². The Morgan fingerprint density at radius 3 is 2.42 bits per heavy atom. The minimum absolute atomic E-state index is 0.180. The fraction of sp³-hybridized carbons (Fsp3) is 0.241. The van der Waals surface area contributed by atoms with E-state index >= 15 is 0 Å². The first kappa shape index (κ1) is 26.0. The first-order valence-corrected chi connectivity index (χ1v) is 12.6. The van der Waals surface area contributed by atoms with Gasteiger partial charge in [0.1, 0.15) is 12.4 Å². The largest absolute Gasteiger partial charge is 0.425 e. The summed E-state index contributed by atoms with van der Waals surface area (Å²) in [7, 11) is 0. The van der Waals surface area contributed by atoms with Crippen molar-refractivity contribution in [3.8, 4) is 5.69 Å². The predicted molar refractivity (Wildman–Crippen MR) is 139 cm³/mol. The van der Waals surface area contributed by atoms with Crippen molar-refractivity contribution in [1.82, 2.24) is 19.2 Å². The molecular weight excluding hydrogens is 528 g/mol. The van der Waals surface area contributed by atoms with Crippen LogP contribution in [0.25, 0.3) is 27.5 Å². The number of carbonyl (C=O) groups is 1. The van der Waals surface area contributed by atoms with Gasteiger partial charge in [0.15, 0.2) is 0 Å². The summed E-state index contributed by atoms with van der Waals surface area (Å²) in [6.45, 7) is 1.43. The van der Waals surface area contributed by atoms with Crippen LogP contribution >= 0.6 is 0 Å². The molecule has 11 heteroatoms. The van der Waals surface area contributed by atoms with Crippen molar-refractivity contribution >= 4 is 27.7 Å². The summed E-state index contributed by atoms with van der Waals surface area (Å²) < 4.78 is 66.2. The van der Waals surface area contributed by atoms with Crippen LogP contribution in [-0.4, -0.2) is 62.7 Å². The van der Waals surface area contributed by atoms with E-state index in [0.29, 0.717) is 48.4 Å². The lowest BCUT2D eigenvalue weighted by Crippen LogP contribution is -2.43. The van der Waals surface area contributed by atoms with Crippen LogP contribution in [0.5, 0.6) is 0 Å². The number of benzene rings is 3. The number of morpholine rings is 1. The van der Waals surface area contributed by atoms with E-state index < -0.39 is 23.2 Å². The molecule has 0 bridgehead atoms. The van der Waals surface area contributed by atoms with Gasteiger partial charge in [0.25, 0.3) is 0 Å². The van der Waals surface area contributed by atoms with Gasteiger partial charge < -0.3 is 19.3 Å². The third-order valence-electron chi connectivity index (χ3n) is 7.31. The number of hydrogen-bond donors (Lipinski definition) is 1. The van der Waals surface area contributed by atoms with Gasteiger partial charge in [0, 0.05) is 41.1 Å². The first-order chi connectivity index (χ1) is 19.2. The van der Waals surface area contributed by atoms with Gasteiger partial charge in [0.2, 0.25) is 11.5 Å². The van der Waals surface area contributed by atoms with Gasteiger partial charge in [-0.05, 0) is 48.0 Å². The Bertz CT molecular complexity index is 1700. The van der Waals surface area contributed by atoms with Crippen molar-refractivity contribution < 1.29 is 32.2 Å². The number of amides is 1. The smallest absolute Gasteiger partial charge is 0.378 e. The second-order valence-corrected chi connectivity index (χ2v) is 9.70. The lowest BCUT2D eigenvalue weighted by molar-refractivity contribution is -0.247. The number of aromatic nitrogens is 3.